The molecule has 0 aliphatic rings. The number of carboxylic acid groups (broad SMARTS) is 1. The lowest BCUT2D eigenvalue weighted by Gasteiger charge is -2.10. The summed E-state index contributed by atoms with van der Waals surface area (Å²) < 4.78 is 37.9. The zero-order valence-corrected chi connectivity index (χ0v) is 9.61. The Labute approximate surface area is 102 Å². The molecule has 0 amide bonds. The van der Waals surface area contributed by atoms with Crippen LogP contribution in [-0.2, 0) is 11.0 Å². The molecule has 0 aromatic heterocycles. The third-order valence-corrected chi connectivity index (χ3v) is 2.33. The summed E-state index contributed by atoms with van der Waals surface area (Å²) in [6.45, 7) is 1.60. The summed E-state index contributed by atoms with van der Waals surface area (Å²) in [4.78, 5) is 14.4. The minimum atomic E-state index is -4.48. The molecule has 98 valence electrons. The highest BCUT2D eigenvalue weighted by Gasteiger charge is 2.32. The largest absolute Gasteiger partial charge is 0.480 e. The fourth-order valence-corrected chi connectivity index (χ4v) is 1.38. The molecule has 0 radical (unpaired) electrons. The molecule has 1 unspecified atom stereocenters. The molecule has 1 atom stereocenters. The van der Waals surface area contributed by atoms with Crippen LogP contribution < -0.4 is 0 Å². The summed E-state index contributed by atoms with van der Waals surface area (Å²) in [6, 6.07) is 3.88. The Kier molecular flexibility index (Phi) is 4.47. The summed E-state index contributed by atoms with van der Waals surface area (Å²) in [5.41, 5.74) is -0.960. The first-order valence-corrected chi connectivity index (χ1v) is 5.28. The summed E-state index contributed by atoms with van der Waals surface area (Å²) in [7, 11) is 0. The molecule has 1 aromatic rings. The molecule has 0 aliphatic heterocycles. The molecule has 0 saturated heterocycles. The number of rotatable bonds is 4. The Balaban J connectivity index is 3.04. The fourth-order valence-electron chi connectivity index (χ4n) is 1.38. The van der Waals surface area contributed by atoms with E-state index in [9.17, 15) is 18.0 Å². The monoisotopic (exact) mass is 259 g/mol. The fraction of sp³-hybridized carbons (Fsp3) is 0.333. The zero-order valence-electron chi connectivity index (χ0n) is 9.61. The second kappa shape index (κ2) is 5.66. The molecular weight excluding hydrogens is 247 g/mol. The van der Waals surface area contributed by atoms with E-state index in [1.807, 2.05) is 0 Å². The second-order valence-corrected chi connectivity index (χ2v) is 3.63. The number of carbonyl (C=O) groups is 1. The summed E-state index contributed by atoms with van der Waals surface area (Å²) in [5.74, 6) is -1.15. The summed E-state index contributed by atoms with van der Waals surface area (Å²) in [6.07, 6.45) is -3.29. The number of hydrogen-bond donors (Lipinski definition) is 1. The molecule has 6 heteroatoms. The Hall–Kier alpha value is -1.85. The van der Waals surface area contributed by atoms with E-state index in [-0.39, 0.29) is 12.0 Å². The number of aliphatic carboxylic acids is 1. The van der Waals surface area contributed by atoms with Crippen molar-refractivity contribution in [2.24, 2.45) is 4.99 Å². The normalized spacial score (nSPS) is 13.8. The molecule has 0 spiro atoms. The van der Waals surface area contributed by atoms with Crippen LogP contribution in [0.4, 0.5) is 13.2 Å². The first-order valence-electron chi connectivity index (χ1n) is 5.28. The Morgan fingerprint density at radius 3 is 2.56 bits per heavy atom. The summed E-state index contributed by atoms with van der Waals surface area (Å²) in [5, 5.41) is 8.74. The average molecular weight is 259 g/mol. The van der Waals surface area contributed by atoms with Gasteiger partial charge in [0.05, 0.1) is 5.56 Å². The maximum absolute atomic E-state index is 12.6. The molecule has 0 saturated carbocycles. The van der Waals surface area contributed by atoms with Gasteiger partial charge in [0.25, 0.3) is 0 Å². The van der Waals surface area contributed by atoms with Crippen molar-refractivity contribution in [1.29, 1.82) is 0 Å². The number of aliphatic imine (C=N–C) groups is 1. The van der Waals surface area contributed by atoms with Crippen LogP contribution >= 0.6 is 0 Å². The Morgan fingerprint density at radius 1 is 1.44 bits per heavy atom. The van der Waals surface area contributed by atoms with Crippen molar-refractivity contribution < 1.29 is 23.1 Å². The highest BCUT2D eigenvalue weighted by atomic mass is 19.4. The molecule has 0 bridgehead atoms. The first kappa shape index (κ1) is 14.2. The molecule has 1 rings (SSSR count). The van der Waals surface area contributed by atoms with Crippen molar-refractivity contribution in [3.8, 4) is 0 Å². The van der Waals surface area contributed by atoms with Crippen LogP contribution in [0.15, 0.2) is 29.3 Å². The van der Waals surface area contributed by atoms with Gasteiger partial charge >= 0.3 is 12.1 Å². The van der Waals surface area contributed by atoms with E-state index in [1.54, 1.807) is 6.92 Å². The third kappa shape index (κ3) is 3.58. The second-order valence-electron chi connectivity index (χ2n) is 3.63. The van der Waals surface area contributed by atoms with E-state index < -0.39 is 23.8 Å². The van der Waals surface area contributed by atoms with E-state index >= 15 is 0 Å². The van der Waals surface area contributed by atoms with Crippen LogP contribution in [0.2, 0.25) is 0 Å². The van der Waals surface area contributed by atoms with Gasteiger partial charge in [0, 0.05) is 11.8 Å². The standard InChI is InChI=1S/C12H12F3NO2/c1-2-10(11(17)18)16-7-8-5-3-4-6-9(8)12(13,14)15/h3-7,10H,2H2,1H3,(H,17,18). The number of halogens is 3. The van der Waals surface area contributed by atoms with Crippen LogP contribution in [0.3, 0.4) is 0 Å². The molecular formula is C12H12F3NO2. The van der Waals surface area contributed by atoms with Gasteiger partial charge < -0.3 is 5.11 Å². The van der Waals surface area contributed by atoms with Crippen molar-refractivity contribution in [2.45, 2.75) is 25.6 Å². The van der Waals surface area contributed by atoms with E-state index in [2.05, 4.69) is 4.99 Å². The Bertz CT molecular complexity index is 455. The molecule has 0 aliphatic carbocycles. The van der Waals surface area contributed by atoms with Gasteiger partial charge in [-0.1, -0.05) is 25.1 Å². The number of nitrogens with zero attached hydrogens (tertiary/aromatic N) is 1. The smallest absolute Gasteiger partial charge is 0.417 e. The SMILES string of the molecule is CCC(N=Cc1ccccc1C(F)(F)F)C(=O)O. The van der Waals surface area contributed by atoms with E-state index in [0.29, 0.717) is 0 Å². The lowest BCUT2D eigenvalue weighted by molar-refractivity contribution is -0.138. The lowest BCUT2D eigenvalue weighted by Crippen LogP contribution is -2.17. The van der Waals surface area contributed by atoms with Gasteiger partial charge in [-0.15, -0.1) is 0 Å². The van der Waals surface area contributed by atoms with Crippen LogP contribution in [-0.4, -0.2) is 23.3 Å². The highest BCUT2D eigenvalue weighted by Crippen LogP contribution is 2.31. The molecule has 1 aromatic carbocycles. The van der Waals surface area contributed by atoms with Crippen LogP contribution in [0.25, 0.3) is 0 Å². The number of benzene rings is 1. The minimum Gasteiger partial charge on any atom is -0.480 e. The molecule has 18 heavy (non-hydrogen) atoms. The van der Waals surface area contributed by atoms with Crippen molar-refractivity contribution in [1.82, 2.24) is 0 Å². The summed E-state index contributed by atoms with van der Waals surface area (Å²) >= 11 is 0. The molecule has 0 heterocycles. The molecule has 3 nitrogen and oxygen atoms in total. The van der Waals surface area contributed by atoms with E-state index in [1.165, 1.54) is 18.2 Å². The van der Waals surface area contributed by atoms with Crippen LogP contribution in [0.1, 0.15) is 24.5 Å². The van der Waals surface area contributed by atoms with Gasteiger partial charge in [-0.05, 0) is 12.5 Å². The van der Waals surface area contributed by atoms with Crippen molar-refractivity contribution in [3.63, 3.8) is 0 Å². The lowest BCUT2D eigenvalue weighted by atomic mass is 10.1. The Morgan fingerprint density at radius 2 is 2.06 bits per heavy atom. The van der Waals surface area contributed by atoms with Gasteiger partial charge in [0.15, 0.2) is 0 Å². The number of hydrogen-bond acceptors (Lipinski definition) is 2. The third-order valence-electron chi connectivity index (χ3n) is 2.33. The van der Waals surface area contributed by atoms with Crippen LogP contribution in [0, 0.1) is 0 Å². The van der Waals surface area contributed by atoms with E-state index in [0.717, 1.165) is 12.3 Å². The predicted octanol–water partition coefficient (Wildman–Crippen LogP) is 2.99. The average Bonchev–Trinajstić information content (AvgIpc) is 2.28. The van der Waals surface area contributed by atoms with Gasteiger partial charge in [-0.3, -0.25) is 4.99 Å². The maximum Gasteiger partial charge on any atom is 0.417 e. The quantitative estimate of drug-likeness (QED) is 0.845. The van der Waals surface area contributed by atoms with Crippen molar-refractivity contribution in [2.75, 3.05) is 0 Å². The number of carboxylic acids is 1. The van der Waals surface area contributed by atoms with Crippen LogP contribution in [0.5, 0.6) is 0 Å². The van der Waals surface area contributed by atoms with Gasteiger partial charge in [0.1, 0.15) is 6.04 Å². The molecule has 0 fully saturated rings. The topological polar surface area (TPSA) is 49.7 Å². The zero-order chi connectivity index (χ0) is 13.8. The van der Waals surface area contributed by atoms with Gasteiger partial charge in [-0.2, -0.15) is 13.2 Å². The highest BCUT2D eigenvalue weighted by molar-refractivity contribution is 5.85. The maximum atomic E-state index is 12.6. The van der Waals surface area contributed by atoms with Gasteiger partial charge in [-0.25, -0.2) is 4.79 Å². The minimum absolute atomic E-state index is 0.135. The van der Waals surface area contributed by atoms with E-state index in [4.69, 9.17) is 5.11 Å². The predicted molar refractivity (Wildman–Crippen MR) is 60.8 cm³/mol. The first-order chi connectivity index (χ1) is 8.36. The van der Waals surface area contributed by atoms with Crippen molar-refractivity contribution in [3.05, 3.63) is 35.4 Å². The van der Waals surface area contributed by atoms with Gasteiger partial charge in [0.2, 0.25) is 0 Å². The number of alkyl halides is 3. The molecule has 1 N–H and O–H groups in total. The van der Waals surface area contributed by atoms with Crippen molar-refractivity contribution >= 4 is 12.2 Å².